The van der Waals surface area contributed by atoms with Crippen LogP contribution in [0.5, 0.6) is 0 Å². The van der Waals surface area contributed by atoms with E-state index in [2.05, 4.69) is 10.3 Å². The van der Waals surface area contributed by atoms with Crippen LogP contribution in [0.4, 0.5) is 23.1 Å². The number of thiazole rings is 1. The summed E-state index contributed by atoms with van der Waals surface area (Å²) in [6.45, 7) is 3.06. The molecule has 1 saturated heterocycles. The molecule has 0 bridgehead atoms. The largest absolute Gasteiger partial charge is 0.394 e. The van der Waals surface area contributed by atoms with Crippen LogP contribution in [0.1, 0.15) is 43.7 Å². The molecule has 2 amide bonds. The van der Waals surface area contributed by atoms with Crippen molar-refractivity contribution in [1.82, 2.24) is 9.88 Å². The molecule has 0 aromatic carbocycles. The van der Waals surface area contributed by atoms with Crippen molar-refractivity contribution in [1.29, 1.82) is 0 Å². The molecule has 1 aromatic heterocycles. The monoisotopic (exact) mass is 347 g/mol. The molecule has 23 heavy (non-hydrogen) atoms. The number of amides is 2. The highest BCUT2D eigenvalue weighted by Crippen LogP contribution is 2.45. The Morgan fingerprint density at radius 3 is 2.65 bits per heavy atom. The summed E-state index contributed by atoms with van der Waals surface area (Å²) < 4.78 is 39.3. The topological polar surface area (TPSA) is 45.2 Å². The number of hydrogen-bond donors (Lipinski definition) is 1. The van der Waals surface area contributed by atoms with E-state index in [1.165, 1.54) is 35.0 Å². The molecule has 1 N–H and O–H groups in total. The highest BCUT2D eigenvalue weighted by Gasteiger charge is 2.56. The predicted octanol–water partition coefficient (Wildman–Crippen LogP) is 4.22. The summed E-state index contributed by atoms with van der Waals surface area (Å²) in [4.78, 5) is 19.3. The minimum atomic E-state index is -4.29. The number of alkyl halides is 3. The lowest BCUT2D eigenvalue weighted by Crippen LogP contribution is -2.51. The lowest BCUT2D eigenvalue weighted by atomic mass is 9.88. The van der Waals surface area contributed by atoms with Crippen LogP contribution < -0.4 is 5.32 Å². The molecule has 0 unspecified atom stereocenters. The SMILES string of the molecule is CC1(C)[C@H](C(F)(F)F)CCN1C(=O)Nc1nc2c(s1)CCCC2. The van der Waals surface area contributed by atoms with Crippen LogP contribution >= 0.6 is 11.3 Å². The Kier molecular flexibility index (Phi) is 4.06. The average Bonchev–Trinajstić information content (AvgIpc) is 2.96. The summed E-state index contributed by atoms with van der Waals surface area (Å²) in [6, 6.07) is -0.493. The number of fused-ring (bicyclic) bond motifs is 1. The van der Waals surface area contributed by atoms with E-state index in [1.54, 1.807) is 0 Å². The van der Waals surface area contributed by atoms with E-state index in [0.29, 0.717) is 5.13 Å². The first-order valence-electron chi connectivity index (χ1n) is 7.83. The highest BCUT2D eigenvalue weighted by atomic mass is 32.1. The summed E-state index contributed by atoms with van der Waals surface area (Å²) >= 11 is 1.44. The maximum atomic E-state index is 13.1. The molecule has 1 aliphatic carbocycles. The summed E-state index contributed by atoms with van der Waals surface area (Å²) in [7, 11) is 0. The van der Waals surface area contributed by atoms with Gasteiger partial charge in [-0.15, -0.1) is 11.3 Å². The second kappa shape index (κ2) is 5.65. The van der Waals surface area contributed by atoms with E-state index in [0.717, 1.165) is 31.4 Å². The van der Waals surface area contributed by atoms with Gasteiger partial charge < -0.3 is 4.90 Å². The highest BCUT2D eigenvalue weighted by molar-refractivity contribution is 7.15. The van der Waals surface area contributed by atoms with E-state index in [4.69, 9.17) is 0 Å². The number of urea groups is 1. The third-order valence-corrected chi connectivity index (χ3v) is 5.96. The van der Waals surface area contributed by atoms with Crippen LogP contribution in [0.25, 0.3) is 0 Å². The number of nitrogens with zero attached hydrogens (tertiary/aromatic N) is 2. The fraction of sp³-hybridized carbons (Fsp3) is 0.733. The predicted molar refractivity (Wildman–Crippen MR) is 82.7 cm³/mol. The Morgan fingerprint density at radius 1 is 1.35 bits per heavy atom. The van der Waals surface area contributed by atoms with Crippen molar-refractivity contribution >= 4 is 22.5 Å². The minimum Gasteiger partial charge on any atom is -0.319 e. The summed E-state index contributed by atoms with van der Waals surface area (Å²) in [5.41, 5.74) is -0.232. The number of halogens is 3. The molecular formula is C15H20F3N3OS. The van der Waals surface area contributed by atoms with E-state index in [9.17, 15) is 18.0 Å². The molecule has 0 spiro atoms. The summed E-state index contributed by atoms with van der Waals surface area (Å²) in [6.07, 6.45) is -0.260. The first-order valence-corrected chi connectivity index (χ1v) is 8.65. The number of anilines is 1. The molecule has 2 heterocycles. The smallest absolute Gasteiger partial charge is 0.319 e. The lowest BCUT2D eigenvalue weighted by molar-refractivity contribution is -0.189. The van der Waals surface area contributed by atoms with Crippen LogP contribution in [0.3, 0.4) is 0 Å². The molecule has 8 heteroatoms. The Balaban J connectivity index is 1.72. The van der Waals surface area contributed by atoms with Crippen molar-refractivity contribution < 1.29 is 18.0 Å². The van der Waals surface area contributed by atoms with E-state index < -0.39 is 23.7 Å². The number of aryl methyl sites for hydroxylation is 2. The van der Waals surface area contributed by atoms with Gasteiger partial charge in [0.25, 0.3) is 0 Å². The summed E-state index contributed by atoms with van der Waals surface area (Å²) in [5.74, 6) is -1.50. The molecule has 4 nitrogen and oxygen atoms in total. The fourth-order valence-corrected chi connectivity index (χ4v) is 4.62. The number of carbonyl (C=O) groups is 1. The Hall–Kier alpha value is -1.31. The van der Waals surface area contributed by atoms with Gasteiger partial charge in [-0.3, -0.25) is 5.32 Å². The van der Waals surface area contributed by atoms with Crippen molar-refractivity contribution in [2.45, 2.75) is 57.7 Å². The van der Waals surface area contributed by atoms with Gasteiger partial charge in [0.1, 0.15) is 0 Å². The van der Waals surface area contributed by atoms with Gasteiger partial charge in [-0.25, -0.2) is 9.78 Å². The van der Waals surface area contributed by atoms with Crippen molar-refractivity contribution in [2.75, 3.05) is 11.9 Å². The Labute approximate surface area is 137 Å². The van der Waals surface area contributed by atoms with Crippen LogP contribution in [-0.4, -0.2) is 34.2 Å². The van der Waals surface area contributed by atoms with Crippen LogP contribution in [0.15, 0.2) is 0 Å². The molecule has 1 aromatic rings. The fourth-order valence-electron chi connectivity index (χ4n) is 3.58. The molecule has 0 radical (unpaired) electrons. The Morgan fingerprint density at radius 2 is 2.04 bits per heavy atom. The van der Waals surface area contributed by atoms with Crippen molar-refractivity contribution in [2.24, 2.45) is 5.92 Å². The third kappa shape index (κ3) is 3.05. The first kappa shape index (κ1) is 16.5. The minimum absolute atomic E-state index is 0.0573. The van der Waals surface area contributed by atoms with Crippen molar-refractivity contribution in [3.63, 3.8) is 0 Å². The van der Waals surface area contributed by atoms with Crippen LogP contribution in [0, 0.1) is 5.92 Å². The molecule has 1 atom stereocenters. The van der Waals surface area contributed by atoms with Gasteiger partial charge in [-0.05, 0) is 46.0 Å². The molecule has 3 rings (SSSR count). The summed E-state index contributed by atoms with van der Waals surface area (Å²) in [5, 5.41) is 3.19. The average molecular weight is 347 g/mol. The number of rotatable bonds is 1. The van der Waals surface area contributed by atoms with Crippen molar-refractivity contribution in [3.8, 4) is 0 Å². The number of likely N-dealkylation sites (tertiary alicyclic amines) is 1. The molecule has 1 aliphatic heterocycles. The quantitative estimate of drug-likeness (QED) is 0.827. The van der Waals surface area contributed by atoms with Crippen LogP contribution in [0.2, 0.25) is 0 Å². The van der Waals surface area contributed by atoms with Crippen LogP contribution in [-0.2, 0) is 12.8 Å². The molecular weight excluding hydrogens is 327 g/mol. The number of aromatic nitrogens is 1. The molecule has 1 fully saturated rings. The van der Waals surface area contributed by atoms with E-state index in [1.807, 2.05) is 0 Å². The first-order chi connectivity index (χ1) is 10.7. The van der Waals surface area contributed by atoms with Gasteiger partial charge in [-0.2, -0.15) is 13.2 Å². The zero-order chi connectivity index (χ0) is 16.8. The standard InChI is InChI=1S/C15H20F3N3OS/c1-14(2)11(15(16,17)18)7-8-21(14)13(22)20-12-19-9-5-3-4-6-10(9)23-12/h11H,3-8H2,1-2H3,(H,19,20,22)/t11-/m1/s1. The van der Waals surface area contributed by atoms with Gasteiger partial charge in [-0.1, -0.05) is 0 Å². The molecule has 2 aliphatic rings. The number of nitrogens with one attached hydrogen (secondary N) is 1. The zero-order valence-electron chi connectivity index (χ0n) is 13.2. The van der Waals surface area contributed by atoms with Gasteiger partial charge >= 0.3 is 12.2 Å². The second-order valence-corrected chi connectivity index (χ2v) is 7.80. The van der Waals surface area contributed by atoms with Gasteiger partial charge in [0.2, 0.25) is 0 Å². The maximum Gasteiger partial charge on any atom is 0.394 e. The van der Waals surface area contributed by atoms with E-state index in [-0.39, 0.29) is 13.0 Å². The number of carbonyl (C=O) groups excluding carboxylic acids is 1. The second-order valence-electron chi connectivity index (χ2n) is 6.71. The Bertz CT molecular complexity index is 588. The third-order valence-electron chi connectivity index (χ3n) is 4.89. The maximum absolute atomic E-state index is 13.1. The van der Waals surface area contributed by atoms with Gasteiger partial charge in [0, 0.05) is 11.4 Å². The van der Waals surface area contributed by atoms with Gasteiger partial charge in [0.05, 0.1) is 17.2 Å². The van der Waals surface area contributed by atoms with Crippen molar-refractivity contribution in [3.05, 3.63) is 10.6 Å². The normalized spacial score (nSPS) is 23.7. The zero-order valence-corrected chi connectivity index (χ0v) is 14.0. The lowest BCUT2D eigenvalue weighted by Gasteiger charge is -2.36. The molecule has 128 valence electrons. The van der Waals surface area contributed by atoms with Gasteiger partial charge in [0.15, 0.2) is 5.13 Å². The number of hydrogen-bond acceptors (Lipinski definition) is 3. The molecule has 0 saturated carbocycles. The van der Waals surface area contributed by atoms with E-state index >= 15 is 0 Å².